The van der Waals surface area contributed by atoms with Gasteiger partial charge in [-0.05, 0) is 43.9 Å². The summed E-state index contributed by atoms with van der Waals surface area (Å²) in [5, 5.41) is 11.4. The van der Waals surface area contributed by atoms with Crippen molar-refractivity contribution >= 4 is 6.08 Å². The standard InChI is InChI=1S/C22H24FN3O2/c1-16-11-17(2)22(26(27)28)20(12-16)7-8-21(23)13-18-3-5-19(6-4-18)14-25-10-9-24-15-25/h3-6,9-10,12-13,15,20H,7-8,11,14H2,1-2H3. The van der Waals surface area contributed by atoms with Crippen molar-refractivity contribution in [2.24, 2.45) is 5.92 Å². The third-order valence-corrected chi connectivity index (χ3v) is 4.94. The van der Waals surface area contributed by atoms with Gasteiger partial charge in [0.1, 0.15) is 5.83 Å². The number of nitrogens with zero attached hydrogens (tertiary/aromatic N) is 3. The minimum atomic E-state index is -0.333. The normalized spacial score (nSPS) is 17.6. The fraction of sp³-hybridized carbons (Fsp3) is 0.318. The molecule has 1 aliphatic rings. The Balaban J connectivity index is 1.62. The zero-order chi connectivity index (χ0) is 20.1. The predicted octanol–water partition coefficient (Wildman–Crippen LogP) is 5.54. The second-order valence-electron chi connectivity index (χ2n) is 7.33. The molecule has 1 heterocycles. The molecule has 28 heavy (non-hydrogen) atoms. The lowest BCUT2D eigenvalue weighted by molar-refractivity contribution is -0.434. The molecule has 6 heteroatoms. The van der Waals surface area contributed by atoms with Crippen LogP contribution in [0, 0.1) is 16.0 Å². The van der Waals surface area contributed by atoms with Crippen molar-refractivity contribution in [3.63, 3.8) is 0 Å². The Kier molecular flexibility index (Phi) is 6.19. The highest BCUT2D eigenvalue weighted by atomic mass is 19.1. The van der Waals surface area contributed by atoms with E-state index in [9.17, 15) is 14.5 Å². The van der Waals surface area contributed by atoms with Crippen LogP contribution < -0.4 is 0 Å². The molecule has 0 saturated heterocycles. The monoisotopic (exact) mass is 381 g/mol. The summed E-state index contributed by atoms with van der Waals surface area (Å²) in [5.74, 6) is -0.597. The van der Waals surface area contributed by atoms with Crippen LogP contribution in [0.15, 0.2) is 71.7 Å². The molecular formula is C22H24FN3O2. The smallest absolute Gasteiger partial charge is 0.252 e. The lowest BCUT2D eigenvalue weighted by Gasteiger charge is -2.18. The minimum absolute atomic E-state index is 0.176. The van der Waals surface area contributed by atoms with Gasteiger partial charge in [-0.25, -0.2) is 9.37 Å². The van der Waals surface area contributed by atoms with Crippen molar-refractivity contribution < 1.29 is 9.31 Å². The third-order valence-electron chi connectivity index (χ3n) is 4.94. The van der Waals surface area contributed by atoms with Gasteiger partial charge in [0, 0.05) is 30.9 Å². The van der Waals surface area contributed by atoms with Crippen molar-refractivity contribution in [1.29, 1.82) is 0 Å². The van der Waals surface area contributed by atoms with E-state index < -0.39 is 0 Å². The number of allylic oxidation sites excluding steroid dienone is 4. The van der Waals surface area contributed by atoms with E-state index in [1.165, 1.54) is 6.08 Å². The van der Waals surface area contributed by atoms with Crippen LogP contribution in [0.25, 0.3) is 6.08 Å². The Labute approximate surface area is 164 Å². The molecule has 0 spiro atoms. The zero-order valence-electron chi connectivity index (χ0n) is 16.1. The number of hydrogen-bond donors (Lipinski definition) is 0. The van der Waals surface area contributed by atoms with E-state index in [1.54, 1.807) is 19.4 Å². The first-order valence-corrected chi connectivity index (χ1v) is 9.34. The van der Waals surface area contributed by atoms with Crippen LogP contribution in [0.5, 0.6) is 0 Å². The van der Waals surface area contributed by atoms with Crippen LogP contribution >= 0.6 is 0 Å². The molecule has 1 aromatic heterocycles. The van der Waals surface area contributed by atoms with E-state index in [-0.39, 0.29) is 28.8 Å². The number of benzene rings is 1. The Bertz CT molecular complexity index is 925. The zero-order valence-corrected chi connectivity index (χ0v) is 16.1. The number of nitro groups is 1. The summed E-state index contributed by atoms with van der Waals surface area (Å²) in [7, 11) is 0. The fourth-order valence-electron chi connectivity index (χ4n) is 3.67. The molecule has 1 atom stereocenters. The van der Waals surface area contributed by atoms with Crippen molar-refractivity contribution in [2.75, 3.05) is 0 Å². The van der Waals surface area contributed by atoms with Crippen molar-refractivity contribution in [3.05, 3.63) is 93.0 Å². The summed E-state index contributed by atoms with van der Waals surface area (Å²) < 4.78 is 16.4. The molecule has 146 valence electrons. The first kappa shape index (κ1) is 19.7. The maximum absolute atomic E-state index is 14.4. The average Bonchev–Trinajstić information content (AvgIpc) is 3.14. The summed E-state index contributed by atoms with van der Waals surface area (Å²) in [6.45, 7) is 4.47. The van der Waals surface area contributed by atoms with Crippen LogP contribution in [0.3, 0.4) is 0 Å². The van der Waals surface area contributed by atoms with E-state index in [4.69, 9.17) is 0 Å². The summed E-state index contributed by atoms with van der Waals surface area (Å²) in [6, 6.07) is 7.68. The fourth-order valence-corrected chi connectivity index (χ4v) is 3.67. The van der Waals surface area contributed by atoms with Gasteiger partial charge in [-0.3, -0.25) is 10.1 Å². The van der Waals surface area contributed by atoms with Gasteiger partial charge in [-0.2, -0.15) is 0 Å². The van der Waals surface area contributed by atoms with Gasteiger partial charge in [-0.1, -0.05) is 35.9 Å². The van der Waals surface area contributed by atoms with Gasteiger partial charge >= 0.3 is 0 Å². The first-order valence-electron chi connectivity index (χ1n) is 9.34. The largest absolute Gasteiger partial charge is 0.333 e. The molecule has 0 amide bonds. The van der Waals surface area contributed by atoms with Gasteiger partial charge in [0.15, 0.2) is 0 Å². The Morgan fingerprint density at radius 3 is 2.75 bits per heavy atom. The van der Waals surface area contributed by atoms with Crippen molar-refractivity contribution in [1.82, 2.24) is 9.55 Å². The Hall–Kier alpha value is -3.02. The van der Waals surface area contributed by atoms with Gasteiger partial charge < -0.3 is 4.57 Å². The molecule has 3 rings (SSSR count). The quantitative estimate of drug-likeness (QED) is 0.359. The molecule has 1 unspecified atom stereocenters. The summed E-state index contributed by atoms with van der Waals surface area (Å²) in [6.07, 6.45) is 9.98. The lowest BCUT2D eigenvalue weighted by atomic mass is 9.86. The maximum atomic E-state index is 14.4. The lowest BCUT2D eigenvalue weighted by Crippen LogP contribution is -2.16. The molecule has 0 fully saturated rings. The number of imidazole rings is 1. The number of aromatic nitrogens is 2. The first-order chi connectivity index (χ1) is 13.4. The third kappa shape index (κ3) is 5.03. The molecule has 5 nitrogen and oxygen atoms in total. The Morgan fingerprint density at radius 2 is 2.11 bits per heavy atom. The number of hydrogen-bond acceptors (Lipinski definition) is 3. The second kappa shape index (κ2) is 8.78. The number of halogens is 1. The topological polar surface area (TPSA) is 61.0 Å². The molecule has 1 aliphatic carbocycles. The molecule has 1 aromatic carbocycles. The van der Waals surface area contributed by atoms with E-state index in [2.05, 4.69) is 4.98 Å². The van der Waals surface area contributed by atoms with Crippen LogP contribution in [0.2, 0.25) is 0 Å². The SMILES string of the molecule is CC1=CC(CCC(F)=Cc2ccc(Cn3ccnc3)cc2)C([N+](=O)[O-])=C(C)C1. The molecule has 0 saturated carbocycles. The van der Waals surface area contributed by atoms with Gasteiger partial charge in [0.25, 0.3) is 5.70 Å². The maximum Gasteiger partial charge on any atom is 0.252 e. The van der Waals surface area contributed by atoms with E-state index in [0.717, 1.165) is 28.8 Å². The van der Waals surface area contributed by atoms with Crippen molar-refractivity contribution in [2.45, 2.75) is 39.7 Å². The Morgan fingerprint density at radius 1 is 1.36 bits per heavy atom. The van der Waals surface area contributed by atoms with Crippen LogP contribution in [-0.4, -0.2) is 14.5 Å². The van der Waals surface area contributed by atoms with Crippen LogP contribution in [0.1, 0.15) is 44.2 Å². The molecule has 0 N–H and O–H groups in total. The summed E-state index contributed by atoms with van der Waals surface area (Å²) in [4.78, 5) is 15.1. The average molecular weight is 381 g/mol. The second-order valence-corrected chi connectivity index (χ2v) is 7.33. The summed E-state index contributed by atoms with van der Waals surface area (Å²) >= 11 is 0. The number of rotatable bonds is 7. The highest BCUT2D eigenvalue weighted by Crippen LogP contribution is 2.33. The molecular weight excluding hydrogens is 357 g/mol. The molecule has 0 radical (unpaired) electrons. The van der Waals surface area contributed by atoms with Crippen LogP contribution in [0.4, 0.5) is 4.39 Å². The summed E-state index contributed by atoms with van der Waals surface area (Å²) in [5.41, 5.74) is 3.99. The minimum Gasteiger partial charge on any atom is -0.333 e. The van der Waals surface area contributed by atoms with E-state index >= 15 is 0 Å². The predicted molar refractivity (Wildman–Crippen MR) is 108 cm³/mol. The highest BCUT2D eigenvalue weighted by molar-refractivity contribution is 5.51. The molecule has 0 bridgehead atoms. The molecule has 2 aromatic rings. The highest BCUT2D eigenvalue weighted by Gasteiger charge is 2.29. The van der Waals surface area contributed by atoms with E-state index in [0.29, 0.717) is 12.8 Å². The van der Waals surface area contributed by atoms with Crippen molar-refractivity contribution in [3.8, 4) is 0 Å². The van der Waals surface area contributed by atoms with Gasteiger partial charge in [0.05, 0.1) is 17.2 Å². The van der Waals surface area contributed by atoms with Crippen LogP contribution in [-0.2, 0) is 6.54 Å². The van der Waals surface area contributed by atoms with Gasteiger partial charge in [-0.15, -0.1) is 0 Å². The van der Waals surface area contributed by atoms with E-state index in [1.807, 2.05) is 48.0 Å². The van der Waals surface area contributed by atoms with Gasteiger partial charge in [0.2, 0.25) is 0 Å². The molecule has 0 aliphatic heterocycles.